The smallest absolute Gasteiger partial charge is 0.264 e. The van der Waals surface area contributed by atoms with E-state index in [9.17, 15) is 18.0 Å². The van der Waals surface area contributed by atoms with Gasteiger partial charge in [0.05, 0.1) is 10.6 Å². The van der Waals surface area contributed by atoms with Gasteiger partial charge in [-0.3, -0.25) is 13.9 Å². The minimum Gasteiger partial charge on any atom is -0.350 e. The first-order valence-electron chi connectivity index (χ1n) is 13.0. The Morgan fingerprint density at radius 3 is 1.95 bits per heavy atom. The number of anilines is 1. The number of hydrogen-bond donors (Lipinski definition) is 1. The topological polar surface area (TPSA) is 86.8 Å². The van der Waals surface area contributed by atoms with Gasteiger partial charge in [0.25, 0.3) is 10.0 Å². The molecule has 3 aromatic rings. The molecule has 0 saturated heterocycles. The number of carbonyl (C=O) groups excluding carboxylic acids is 2. The van der Waals surface area contributed by atoms with Gasteiger partial charge < -0.3 is 10.2 Å². The minimum atomic E-state index is -4.08. The van der Waals surface area contributed by atoms with Gasteiger partial charge >= 0.3 is 0 Å². The van der Waals surface area contributed by atoms with Gasteiger partial charge in [0.1, 0.15) is 12.6 Å². The molecule has 0 heterocycles. The lowest BCUT2D eigenvalue weighted by Gasteiger charge is -2.33. The average Bonchev–Trinajstić information content (AvgIpc) is 2.85. The van der Waals surface area contributed by atoms with Crippen LogP contribution in [0, 0.1) is 20.8 Å². The highest BCUT2D eigenvalue weighted by molar-refractivity contribution is 7.92. The summed E-state index contributed by atoms with van der Waals surface area (Å²) in [6.07, 6.45) is 0. The van der Waals surface area contributed by atoms with Gasteiger partial charge in [-0.25, -0.2) is 8.42 Å². The summed E-state index contributed by atoms with van der Waals surface area (Å²) in [6, 6.07) is 20.4. The predicted molar refractivity (Wildman–Crippen MR) is 156 cm³/mol. The maximum Gasteiger partial charge on any atom is 0.264 e. The lowest BCUT2D eigenvalue weighted by Crippen LogP contribution is -2.54. The fraction of sp³-hybridized carbons (Fsp3) is 0.355. The van der Waals surface area contributed by atoms with Crippen molar-refractivity contribution in [2.45, 2.75) is 71.5 Å². The zero-order valence-electron chi connectivity index (χ0n) is 23.9. The standard InChI is InChI=1S/C31H39N3O4S/c1-22-11-15-27(16-12-22)34(39(37,38)28-17-13-23(2)14-18-28)21-29(35)33(20-26-10-8-9-24(3)19-26)25(4)30(36)32-31(5,6)7/h8-19,25H,20-21H2,1-7H3,(H,32,36). The van der Waals surface area contributed by atoms with Crippen molar-refractivity contribution >= 4 is 27.5 Å². The molecule has 1 N–H and O–H groups in total. The molecule has 0 fully saturated rings. The number of sulfonamides is 1. The van der Waals surface area contributed by atoms with E-state index < -0.39 is 34.1 Å². The summed E-state index contributed by atoms with van der Waals surface area (Å²) in [5.41, 5.74) is 3.64. The third-order valence-electron chi connectivity index (χ3n) is 6.31. The van der Waals surface area contributed by atoms with E-state index in [0.717, 1.165) is 26.6 Å². The molecule has 0 bridgehead atoms. The first kappa shape index (κ1) is 29.9. The molecule has 3 aromatic carbocycles. The average molecular weight is 550 g/mol. The summed E-state index contributed by atoms with van der Waals surface area (Å²) >= 11 is 0. The lowest BCUT2D eigenvalue weighted by atomic mass is 10.1. The van der Waals surface area contributed by atoms with Crippen LogP contribution in [0.5, 0.6) is 0 Å². The van der Waals surface area contributed by atoms with Gasteiger partial charge in [-0.05, 0) is 78.3 Å². The molecule has 0 spiro atoms. The normalized spacial score (nSPS) is 12.5. The van der Waals surface area contributed by atoms with E-state index >= 15 is 0 Å². The quantitative estimate of drug-likeness (QED) is 0.401. The van der Waals surface area contributed by atoms with Crippen molar-refractivity contribution < 1.29 is 18.0 Å². The second-order valence-electron chi connectivity index (χ2n) is 11.1. The highest BCUT2D eigenvalue weighted by atomic mass is 32.2. The van der Waals surface area contributed by atoms with E-state index in [1.54, 1.807) is 55.5 Å². The highest BCUT2D eigenvalue weighted by Crippen LogP contribution is 2.25. The summed E-state index contributed by atoms with van der Waals surface area (Å²) < 4.78 is 28.8. The fourth-order valence-electron chi connectivity index (χ4n) is 4.14. The zero-order chi connectivity index (χ0) is 29.0. The maximum atomic E-state index is 14.0. The number of nitrogens with zero attached hydrogens (tertiary/aromatic N) is 2. The number of aryl methyl sites for hydroxylation is 3. The van der Waals surface area contributed by atoms with Crippen LogP contribution in [0.25, 0.3) is 0 Å². The van der Waals surface area contributed by atoms with E-state index in [0.29, 0.717) is 5.69 Å². The molecular weight excluding hydrogens is 510 g/mol. The molecule has 208 valence electrons. The molecule has 39 heavy (non-hydrogen) atoms. The Labute approximate surface area is 232 Å². The summed E-state index contributed by atoms with van der Waals surface area (Å²) in [7, 11) is -4.08. The molecule has 3 rings (SSSR count). The van der Waals surface area contributed by atoms with Gasteiger partial charge in [0, 0.05) is 12.1 Å². The van der Waals surface area contributed by atoms with Crippen LogP contribution in [0.1, 0.15) is 49.9 Å². The summed E-state index contributed by atoms with van der Waals surface area (Å²) in [4.78, 5) is 28.7. The largest absolute Gasteiger partial charge is 0.350 e. The van der Waals surface area contributed by atoms with E-state index in [2.05, 4.69) is 5.32 Å². The van der Waals surface area contributed by atoms with Crippen molar-refractivity contribution in [1.29, 1.82) is 0 Å². The molecule has 7 nitrogen and oxygen atoms in total. The van der Waals surface area contributed by atoms with Gasteiger partial charge in [-0.2, -0.15) is 0 Å². The van der Waals surface area contributed by atoms with Crippen LogP contribution in [0.3, 0.4) is 0 Å². The third-order valence-corrected chi connectivity index (χ3v) is 8.10. The molecule has 0 aliphatic heterocycles. The SMILES string of the molecule is Cc1ccc(N(CC(=O)N(Cc2cccc(C)c2)C(C)C(=O)NC(C)(C)C)S(=O)(=O)c2ccc(C)cc2)cc1. The van der Waals surface area contributed by atoms with Crippen LogP contribution in [0.2, 0.25) is 0 Å². The van der Waals surface area contributed by atoms with Crippen LogP contribution < -0.4 is 9.62 Å². The molecule has 8 heteroatoms. The Morgan fingerprint density at radius 2 is 1.41 bits per heavy atom. The molecule has 0 aliphatic rings. The molecule has 0 aromatic heterocycles. The molecule has 1 atom stereocenters. The van der Waals surface area contributed by atoms with Crippen LogP contribution >= 0.6 is 0 Å². The van der Waals surface area contributed by atoms with Crippen molar-refractivity contribution in [1.82, 2.24) is 10.2 Å². The molecule has 0 saturated carbocycles. The van der Waals surface area contributed by atoms with Gasteiger partial charge in [-0.1, -0.05) is 65.2 Å². The van der Waals surface area contributed by atoms with Gasteiger partial charge in [-0.15, -0.1) is 0 Å². The number of hydrogen-bond acceptors (Lipinski definition) is 4. The number of carbonyl (C=O) groups is 2. The summed E-state index contributed by atoms with van der Waals surface area (Å²) in [5.74, 6) is -0.795. The molecule has 0 aliphatic carbocycles. The molecule has 2 amide bonds. The first-order chi connectivity index (χ1) is 18.2. The Balaban J connectivity index is 2.03. The van der Waals surface area contributed by atoms with Crippen molar-refractivity contribution in [2.24, 2.45) is 0 Å². The molecular formula is C31H39N3O4S. The second kappa shape index (κ2) is 12.0. The van der Waals surface area contributed by atoms with Gasteiger partial charge in [0.15, 0.2) is 0 Å². The van der Waals surface area contributed by atoms with E-state index in [1.165, 1.54) is 4.90 Å². The van der Waals surface area contributed by atoms with Crippen LogP contribution in [0.15, 0.2) is 77.7 Å². The van der Waals surface area contributed by atoms with Gasteiger partial charge in [0.2, 0.25) is 11.8 Å². The Bertz CT molecular complexity index is 1410. The van der Waals surface area contributed by atoms with E-state index in [-0.39, 0.29) is 17.3 Å². The number of rotatable bonds is 9. The lowest BCUT2D eigenvalue weighted by molar-refractivity contribution is -0.140. The minimum absolute atomic E-state index is 0.0882. The van der Waals surface area contributed by atoms with Crippen molar-refractivity contribution in [3.63, 3.8) is 0 Å². The van der Waals surface area contributed by atoms with E-state index in [4.69, 9.17) is 0 Å². The van der Waals surface area contributed by atoms with Crippen molar-refractivity contribution in [3.8, 4) is 0 Å². The number of benzene rings is 3. The Hall–Kier alpha value is -3.65. The Morgan fingerprint density at radius 1 is 0.846 bits per heavy atom. The fourth-order valence-corrected chi connectivity index (χ4v) is 5.56. The van der Waals surface area contributed by atoms with Crippen LogP contribution in [0.4, 0.5) is 5.69 Å². The summed E-state index contributed by atoms with van der Waals surface area (Å²) in [5, 5.41) is 2.94. The number of nitrogens with one attached hydrogen (secondary N) is 1. The molecule has 0 radical (unpaired) electrons. The van der Waals surface area contributed by atoms with Crippen molar-refractivity contribution in [3.05, 3.63) is 95.1 Å². The second-order valence-corrected chi connectivity index (χ2v) is 12.9. The van der Waals surface area contributed by atoms with Crippen LogP contribution in [-0.4, -0.2) is 43.3 Å². The van der Waals surface area contributed by atoms with Crippen LogP contribution in [-0.2, 0) is 26.2 Å². The molecule has 1 unspecified atom stereocenters. The predicted octanol–water partition coefficient (Wildman–Crippen LogP) is 5.14. The Kier molecular flexibility index (Phi) is 9.22. The third kappa shape index (κ3) is 7.93. The maximum absolute atomic E-state index is 14.0. The monoisotopic (exact) mass is 549 g/mol. The number of amides is 2. The van der Waals surface area contributed by atoms with E-state index in [1.807, 2.05) is 65.8 Å². The highest BCUT2D eigenvalue weighted by Gasteiger charge is 2.33. The van der Waals surface area contributed by atoms with Crippen molar-refractivity contribution in [2.75, 3.05) is 10.8 Å². The zero-order valence-corrected chi connectivity index (χ0v) is 24.7. The first-order valence-corrected chi connectivity index (χ1v) is 14.4. The summed E-state index contributed by atoms with van der Waals surface area (Å²) in [6.45, 7) is 12.7.